The maximum absolute atomic E-state index is 12.0. The van der Waals surface area contributed by atoms with E-state index in [1.807, 2.05) is 19.9 Å². The van der Waals surface area contributed by atoms with Crippen LogP contribution in [-0.4, -0.2) is 28.0 Å². The van der Waals surface area contributed by atoms with Crippen LogP contribution in [-0.2, 0) is 11.2 Å². The predicted molar refractivity (Wildman–Crippen MR) is 88.2 cm³/mol. The molecule has 2 heterocycles. The van der Waals surface area contributed by atoms with E-state index in [2.05, 4.69) is 27.5 Å². The van der Waals surface area contributed by atoms with Crippen molar-refractivity contribution in [2.24, 2.45) is 0 Å². The fourth-order valence-electron chi connectivity index (χ4n) is 1.91. The van der Waals surface area contributed by atoms with E-state index in [-0.39, 0.29) is 17.2 Å². The van der Waals surface area contributed by atoms with Crippen molar-refractivity contribution in [3.8, 4) is 0 Å². The lowest BCUT2D eigenvalue weighted by Gasteiger charge is -2.16. The summed E-state index contributed by atoms with van der Waals surface area (Å²) in [7, 11) is 0. The van der Waals surface area contributed by atoms with Crippen molar-refractivity contribution in [1.82, 2.24) is 15.3 Å². The summed E-state index contributed by atoms with van der Waals surface area (Å²) in [5.41, 5.74) is 0. The van der Waals surface area contributed by atoms with Gasteiger partial charge in [0.2, 0.25) is 11.2 Å². The molecule has 0 aromatic carbocycles. The van der Waals surface area contributed by atoms with Gasteiger partial charge in [0.25, 0.3) is 0 Å². The quantitative estimate of drug-likeness (QED) is 0.828. The van der Waals surface area contributed by atoms with Crippen LogP contribution < -0.4 is 10.6 Å². The van der Waals surface area contributed by atoms with Crippen LogP contribution in [0.1, 0.15) is 32.6 Å². The van der Waals surface area contributed by atoms with Gasteiger partial charge in [-0.3, -0.25) is 4.79 Å². The van der Waals surface area contributed by atoms with E-state index in [0.717, 1.165) is 16.6 Å². The van der Waals surface area contributed by atoms with Crippen LogP contribution in [0.5, 0.6) is 0 Å². The average Bonchev–Trinajstić information content (AvgIpc) is 2.80. The summed E-state index contributed by atoms with van der Waals surface area (Å²) in [5.74, 6) is 0.534. The third kappa shape index (κ3) is 3.83. The average molecular weight is 327 g/mol. The molecule has 2 aromatic rings. The summed E-state index contributed by atoms with van der Waals surface area (Å²) >= 11 is 7.56. The molecular weight excluding hydrogens is 308 g/mol. The topological polar surface area (TPSA) is 66.9 Å². The maximum atomic E-state index is 12.0. The minimum absolute atomic E-state index is 0.0705. The number of carbonyl (C=O) groups excluding carboxylic acids is 1. The number of aromatic nitrogens is 2. The SMILES string of the molecule is CCc1cc2c(NC(C)C(=O)NC(C)C)nc(Cl)nc2s1. The number of fused-ring (bicyclic) bond motifs is 1. The Morgan fingerprint density at radius 1 is 1.38 bits per heavy atom. The Balaban J connectivity index is 2.28. The van der Waals surface area contributed by atoms with Crippen LogP contribution in [0.25, 0.3) is 10.2 Å². The number of anilines is 1. The van der Waals surface area contributed by atoms with Gasteiger partial charge in [-0.1, -0.05) is 6.92 Å². The highest BCUT2D eigenvalue weighted by molar-refractivity contribution is 7.18. The molecule has 0 fully saturated rings. The van der Waals surface area contributed by atoms with Gasteiger partial charge >= 0.3 is 0 Å². The van der Waals surface area contributed by atoms with Crippen LogP contribution >= 0.6 is 22.9 Å². The molecule has 0 saturated carbocycles. The van der Waals surface area contributed by atoms with Gasteiger partial charge in [0.1, 0.15) is 16.7 Å². The van der Waals surface area contributed by atoms with Gasteiger partial charge in [-0.05, 0) is 44.9 Å². The van der Waals surface area contributed by atoms with Crippen LogP contribution in [0.2, 0.25) is 5.28 Å². The Bertz CT molecular complexity index is 656. The van der Waals surface area contributed by atoms with E-state index in [1.165, 1.54) is 4.88 Å². The highest BCUT2D eigenvalue weighted by atomic mass is 35.5. The normalized spacial score (nSPS) is 12.7. The number of nitrogens with one attached hydrogen (secondary N) is 2. The standard InChI is InChI=1S/C14H19ClN4OS/c1-5-9-6-10-11(18-14(15)19-13(10)21-9)17-8(4)12(20)16-7(2)3/h6-8H,5H2,1-4H3,(H,16,20)(H,17,18,19). The molecule has 2 aromatic heterocycles. The second-order valence-electron chi connectivity index (χ2n) is 5.16. The molecule has 1 unspecified atom stereocenters. The highest BCUT2D eigenvalue weighted by Crippen LogP contribution is 2.30. The molecule has 2 rings (SSSR count). The zero-order valence-electron chi connectivity index (χ0n) is 12.5. The van der Waals surface area contributed by atoms with Gasteiger partial charge < -0.3 is 10.6 Å². The van der Waals surface area contributed by atoms with Crippen molar-refractivity contribution in [2.45, 2.75) is 46.2 Å². The minimum atomic E-state index is -0.397. The lowest BCUT2D eigenvalue weighted by molar-refractivity contribution is -0.122. The summed E-state index contributed by atoms with van der Waals surface area (Å²) in [4.78, 5) is 22.5. The summed E-state index contributed by atoms with van der Waals surface area (Å²) < 4.78 is 0. The van der Waals surface area contributed by atoms with E-state index in [1.54, 1.807) is 18.3 Å². The number of thiophene rings is 1. The maximum Gasteiger partial charge on any atom is 0.242 e. The number of nitrogens with zero attached hydrogens (tertiary/aromatic N) is 2. The number of halogens is 1. The molecule has 0 radical (unpaired) electrons. The molecule has 0 bridgehead atoms. The van der Waals surface area contributed by atoms with Crippen molar-refractivity contribution < 1.29 is 4.79 Å². The molecule has 114 valence electrons. The monoisotopic (exact) mass is 326 g/mol. The lowest BCUT2D eigenvalue weighted by Crippen LogP contribution is -2.41. The Kier molecular flexibility index (Phi) is 5.00. The van der Waals surface area contributed by atoms with Gasteiger partial charge in [-0.15, -0.1) is 11.3 Å². The van der Waals surface area contributed by atoms with Crippen molar-refractivity contribution in [1.29, 1.82) is 0 Å². The Hall–Kier alpha value is -1.40. The molecule has 0 aliphatic heterocycles. The predicted octanol–water partition coefficient (Wildman–Crippen LogP) is 3.23. The molecule has 1 amide bonds. The Morgan fingerprint density at radius 2 is 2.10 bits per heavy atom. The van der Waals surface area contributed by atoms with E-state index < -0.39 is 6.04 Å². The van der Waals surface area contributed by atoms with Crippen LogP contribution in [0, 0.1) is 0 Å². The summed E-state index contributed by atoms with van der Waals surface area (Å²) in [6.07, 6.45) is 0.932. The highest BCUT2D eigenvalue weighted by Gasteiger charge is 2.17. The first-order chi connectivity index (χ1) is 9.90. The molecule has 7 heteroatoms. The van der Waals surface area contributed by atoms with Crippen molar-refractivity contribution in [2.75, 3.05) is 5.32 Å². The largest absolute Gasteiger partial charge is 0.358 e. The smallest absolute Gasteiger partial charge is 0.242 e. The number of amides is 1. The third-order valence-electron chi connectivity index (χ3n) is 2.94. The van der Waals surface area contributed by atoms with Gasteiger partial charge in [0.15, 0.2) is 0 Å². The second-order valence-corrected chi connectivity index (χ2v) is 6.61. The molecule has 1 atom stereocenters. The first kappa shape index (κ1) is 16.0. The number of carbonyl (C=O) groups is 1. The van der Waals surface area contributed by atoms with E-state index in [4.69, 9.17) is 11.6 Å². The summed E-state index contributed by atoms with van der Waals surface area (Å²) in [6.45, 7) is 7.74. The van der Waals surface area contributed by atoms with Gasteiger partial charge in [0.05, 0.1) is 5.39 Å². The molecular formula is C14H19ClN4OS. The van der Waals surface area contributed by atoms with Crippen LogP contribution in [0.4, 0.5) is 5.82 Å². The molecule has 0 aliphatic carbocycles. The molecule has 2 N–H and O–H groups in total. The second kappa shape index (κ2) is 6.58. The molecule has 5 nitrogen and oxygen atoms in total. The third-order valence-corrected chi connectivity index (χ3v) is 4.28. The fourth-order valence-corrected chi connectivity index (χ4v) is 3.10. The molecule has 0 aliphatic rings. The van der Waals surface area contributed by atoms with Gasteiger partial charge in [0, 0.05) is 10.9 Å². The van der Waals surface area contributed by atoms with Crippen LogP contribution in [0.3, 0.4) is 0 Å². The zero-order valence-corrected chi connectivity index (χ0v) is 14.1. The first-order valence-corrected chi connectivity index (χ1v) is 8.13. The van der Waals surface area contributed by atoms with Crippen molar-refractivity contribution in [3.63, 3.8) is 0 Å². The van der Waals surface area contributed by atoms with Gasteiger partial charge in [-0.25, -0.2) is 9.97 Å². The zero-order chi connectivity index (χ0) is 15.6. The fraction of sp³-hybridized carbons (Fsp3) is 0.500. The Labute approximate surface area is 133 Å². The van der Waals surface area contributed by atoms with Gasteiger partial charge in [-0.2, -0.15) is 0 Å². The number of aryl methyl sites for hydroxylation is 1. The first-order valence-electron chi connectivity index (χ1n) is 6.93. The van der Waals surface area contributed by atoms with E-state index >= 15 is 0 Å². The van der Waals surface area contributed by atoms with E-state index in [9.17, 15) is 4.79 Å². The lowest BCUT2D eigenvalue weighted by atomic mass is 10.2. The minimum Gasteiger partial charge on any atom is -0.358 e. The molecule has 0 saturated heterocycles. The number of hydrogen-bond donors (Lipinski definition) is 2. The van der Waals surface area contributed by atoms with Crippen molar-refractivity contribution in [3.05, 3.63) is 16.2 Å². The van der Waals surface area contributed by atoms with Crippen LogP contribution in [0.15, 0.2) is 6.07 Å². The Morgan fingerprint density at radius 3 is 2.71 bits per heavy atom. The summed E-state index contributed by atoms with van der Waals surface area (Å²) in [6, 6.07) is 1.75. The molecule has 0 spiro atoms. The van der Waals surface area contributed by atoms with E-state index in [0.29, 0.717) is 5.82 Å². The number of hydrogen-bond acceptors (Lipinski definition) is 5. The summed E-state index contributed by atoms with van der Waals surface area (Å²) in [5, 5.41) is 7.09. The molecule has 21 heavy (non-hydrogen) atoms. The van der Waals surface area contributed by atoms with Crippen molar-refractivity contribution >= 4 is 44.9 Å². The number of rotatable bonds is 5.